The number of nitrogens with zero attached hydrogens (tertiary/aromatic N) is 4. The van der Waals surface area contributed by atoms with E-state index in [1.165, 1.54) is 11.1 Å². The lowest BCUT2D eigenvalue weighted by molar-refractivity contribution is -0.125. The Kier molecular flexibility index (Phi) is 5.70. The zero-order valence-electron chi connectivity index (χ0n) is 17.9. The molecular weight excluding hydrogens is 378 g/mol. The lowest BCUT2D eigenvalue weighted by Crippen LogP contribution is -2.43. The summed E-state index contributed by atoms with van der Waals surface area (Å²) in [5.74, 6) is -0.120. The minimum absolute atomic E-state index is 0.120. The second-order valence-electron chi connectivity index (χ2n) is 8.16. The number of fused-ring (bicyclic) bond motifs is 1. The first-order chi connectivity index (χ1) is 14.5. The van der Waals surface area contributed by atoms with Crippen LogP contribution < -0.4 is 10.9 Å². The van der Waals surface area contributed by atoms with Gasteiger partial charge in [0.05, 0.1) is 22.5 Å². The number of nitrogens with one attached hydrogen (secondary N) is 1. The fourth-order valence-corrected chi connectivity index (χ4v) is 4.43. The molecule has 4 rings (SSSR count). The molecule has 1 aliphatic carbocycles. The Morgan fingerprint density at radius 2 is 1.83 bits per heavy atom. The zero-order valence-corrected chi connectivity index (χ0v) is 17.9. The Morgan fingerprint density at radius 1 is 1.13 bits per heavy atom. The van der Waals surface area contributed by atoms with Gasteiger partial charge in [-0.15, -0.1) is 0 Å². The Hall–Kier alpha value is -2.96. The van der Waals surface area contributed by atoms with E-state index >= 15 is 0 Å². The average Bonchev–Trinajstić information content (AvgIpc) is 3.11. The molecule has 1 aromatic carbocycles. The minimum atomic E-state index is -0.623. The highest BCUT2D eigenvalue weighted by Crippen LogP contribution is 2.22. The number of benzene rings is 1. The van der Waals surface area contributed by atoms with Crippen LogP contribution in [-0.2, 0) is 4.79 Å². The van der Waals surface area contributed by atoms with Gasteiger partial charge in [-0.1, -0.05) is 44.4 Å². The van der Waals surface area contributed by atoms with Crippen molar-refractivity contribution >= 4 is 16.8 Å². The molecule has 158 valence electrons. The molecule has 3 aromatic rings. The first kappa shape index (κ1) is 20.3. The third kappa shape index (κ3) is 3.64. The molecule has 0 aliphatic heterocycles. The molecule has 30 heavy (non-hydrogen) atoms. The highest BCUT2D eigenvalue weighted by molar-refractivity contribution is 5.84. The quantitative estimate of drug-likeness (QED) is 0.701. The summed E-state index contributed by atoms with van der Waals surface area (Å²) in [6.45, 7) is 5.64. The van der Waals surface area contributed by atoms with Crippen LogP contribution in [0, 0.1) is 13.8 Å². The van der Waals surface area contributed by atoms with Gasteiger partial charge in [0, 0.05) is 6.04 Å². The molecule has 0 saturated heterocycles. The fourth-order valence-electron chi connectivity index (χ4n) is 4.43. The van der Waals surface area contributed by atoms with Crippen molar-refractivity contribution in [2.75, 3.05) is 0 Å². The minimum Gasteiger partial charge on any atom is -0.352 e. The number of amides is 1. The molecule has 2 heterocycles. The molecule has 0 bridgehead atoms. The summed E-state index contributed by atoms with van der Waals surface area (Å²) in [7, 11) is 0. The van der Waals surface area contributed by atoms with Crippen molar-refractivity contribution in [3.8, 4) is 5.69 Å². The molecule has 1 saturated carbocycles. The molecule has 1 amide bonds. The standard InChI is InChI=1S/C23H29N5O2/c1-4-19(22(29)24-17-11-7-5-8-12-17)28-23(30)20-16(3)27(18-13-9-6-10-14-18)26-21(20)15(2)25-28/h6,9-10,13-14,17,19H,4-5,7-8,11-12H2,1-3H3,(H,24,29). The maximum absolute atomic E-state index is 13.4. The van der Waals surface area contributed by atoms with E-state index in [4.69, 9.17) is 0 Å². The molecule has 1 atom stereocenters. The predicted molar refractivity (Wildman–Crippen MR) is 117 cm³/mol. The van der Waals surface area contributed by atoms with Gasteiger partial charge >= 0.3 is 0 Å². The van der Waals surface area contributed by atoms with Crippen molar-refractivity contribution in [1.29, 1.82) is 0 Å². The summed E-state index contributed by atoms with van der Waals surface area (Å²) >= 11 is 0. The molecule has 0 spiro atoms. The smallest absolute Gasteiger partial charge is 0.278 e. The second-order valence-corrected chi connectivity index (χ2v) is 8.16. The topological polar surface area (TPSA) is 81.8 Å². The van der Waals surface area contributed by atoms with Crippen LogP contribution >= 0.6 is 0 Å². The Morgan fingerprint density at radius 3 is 2.50 bits per heavy atom. The number of hydrogen-bond acceptors (Lipinski definition) is 4. The van der Waals surface area contributed by atoms with Crippen molar-refractivity contribution in [3.05, 3.63) is 52.1 Å². The van der Waals surface area contributed by atoms with Crippen LogP contribution in [0.5, 0.6) is 0 Å². The van der Waals surface area contributed by atoms with Crippen molar-refractivity contribution < 1.29 is 4.79 Å². The van der Waals surface area contributed by atoms with Gasteiger partial charge in [0.2, 0.25) is 5.91 Å². The number of carbonyl (C=O) groups is 1. The van der Waals surface area contributed by atoms with E-state index in [0.717, 1.165) is 37.1 Å². The SMILES string of the molecule is CCC(C(=O)NC1CCCCC1)n1nc(C)c2nn(-c3ccccc3)c(C)c2c1=O. The maximum Gasteiger partial charge on any atom is 0.278 e. The van der Waals surface area contributed by atoms with Gasteiger partial charge in [0.15, 0.2) is 0 Å². The van der Waals surface area contributed by atoms with Crippen LogP contribution in [-0.4, -0.2) is 31.5 Å². The number of para-hydroxylation sites is 1. The van der Waals surface area contributed by atoms with Crippen LogP contribution in [0.2, 0.25) is 0 Å². The van der Waals surface area contributed by atoms with E-state index in [1.54, 1.807) is 4.68 Å². The van der Waals surface area contributed by atoms with Crippen LogP contribution in [0.4, 0.5) is 0 Å². The monoisotopic (exact) mass is 407 g/mol. The van der Waals surface area contributed by atoms with Crippen molar-refractivity contribution in [3.63, 3.8) is 0 Å². The molecule has 7 nitrogen and oxygen atoms in total. The van der Waals surface area contributed by atoms with E-state index < -0.39 is 6.04 Å². The number of aryl methyl sites for hydroxylation is 2. The summed E-state index contributed by atoms with van der Waals surface area (Å²) in [5, 5.41) is 12.8. The summed E-state index contributed by atoms with van der Waals surface area (Å²) < 4.78 is 3.13. The average molecular weight is 408 g/mol. The number of carbonyl (C=O) groups excluding carboxylic acids is 1. The third-order valence-corrected chi connectivity index (χ3v) is 6.08. The largest absolute Gasteiger partial charge is 0.352 e. The van der Waals surface area contributed by atoms with Gasteiger partial charge in [-0.2, -0.15) is 10.2 Å². The summed E-state index contributed by atoms with van der Waals surface area (Å²) in [6.07, 6.45) is 6.02. The van der Waals surface area contributed by atoms with Gasteiger partial charge in [-0.05, 0) is 45.2 Å². The molecule has 0 radical (unpaired) electrons. The first-order valence-corrected chi connectivity index (χ1v) is 10.9. The van der Waals surface area contributed by atoms with E-state index in [2.05, 4.69) is 15.5 Å². The van der Waals surface area contributed by atoms with E-state index in [-0.39, 0.29) is 17.5 Å². The lowest BCUT2D eigenvalue weighted by atomic mass is 9.95. The maximum atomic E-state index is 13.4. The molecule has 1 unspecified atom stereocenters. The van der Waals surface area contributed by atoms with Gasteiger partial charge < -0.3 is 5.32 Å². The third-order valence-electron chi connectivity index (χ3n) is 6.08. The molecule has 1 aliphatic rings. The Labute approximate surface area is 176 Å². The number of aromatic nitrogens is 4. The molecule has 2 aromatic heterocycles. The molecule has 1 fully saturated rings. The summed E-state index contributed by atoms with van der Waals surface area (Å²) in [6, 6.07) is 9.30. The molecule has 7 heteroatoms. The molecular formula is C23H29N5O2. The zero-order chi connectivity index (χ0) is 21.3. The lowest BCUT2D eigenvalue weighted by Gasteiger charge is -2.25. The highest BCUT2D eigenvalue weighted by Gasteiger charge is 2.27. The van der Waals surface area contributed by atoms with Crippen molar-refractivity contribution in [2.45, 2.75) is 71.4 Å². The van der Waals surface area contributed by atoms with E-state index in [9.17, 15) is 9.59 Å². The number of rotatable bonds is 5. The Balaban J connectivity index is 1.75. The van der Waals surface area contributed by atoms with Gasteiger partial charge in [0.1, 0.15) is 11.6 Å². The van der Waals surface area contributed by atoms with Crippen LogP contribution in [0.3, 0.4) is 0 Å². The predicted octanol–water partition coefficient (Wildman–Crippen LogP) is 3.60. The highest BCUT2D eigenvalue weighted by atomic mass is 16.2. The summed E-state index contributed by atoms with van der Waals surface area (Å²) in [5.41, 5.74) is 2.61. The Bertz CT molecular complexity index is 1110. The number of hydrogen-bond donors (Lipinski definition) is 1. The molecule has 1 N–H and O–H groups in total. The van der Waals surface area contributed by atoms with Crippen molar-refractivity contribution in [1.82, 2.24) is 24.9 Å². The van der Waals surface area contributed by atoms with Gasteiger partial charge in [-0.25, -0.2) is 9.36 Å². The van der Waals surface area contributed by atoms with E-state index in [0.29, 0.717) is 23.0 Å². The first-order valence-electron chi connectivity index (χ1n) is 10.9. The fraction of sp³-hybridized carbons (Fsp3) is 0.478. The van der Waals surface area contributed by atoms with Crippen molar-refractivity contribution in [2.24, 2.45) is 0 Å². The van der Waals surface area contributed by atoms with E-state index in [1.807, 2.05) is 51.1 Å². The second kappa shape index (κ2) is 8.42. The normalized spacial score (nSPS) is 16.0. The van der Waals surface area contributed by atoms with Crippen LogP contribution in [0.15, 0.2) is 35.1 Å². The van der Waals surface area contributed by atoms with Gasteiger partial charge in [0.25, 0.3) is 5.56 Å². The van der Waals surface area contributed by atoms with Gasteiger partial charge in [-0.3, -0.25) is 9.59 Å². The van der Waals surface area contributed by atoms with Crippen LogP contribution in [0.25, 0.3) is 16.6 Å². The van der Waals surface area contributed by atoms with Crippen LogP contribution in [0.1, 0.15) is 62.9 Å². The summed E-state index contributed by atoms with van der Waals surface area (Å²) in [4.78, 5) is 26.4.